The zero-order valence-corrected chi connectivity index (χ0v) is 15.6. The molecule has 2 heterocycles. The number of imide groups is 1. The fraction of sp³-hybridized carbons (Fsp3) is 0.526. The van der Waals surface area contributed by atoms with Crippen LogP contribution >= 0.6 is 0 Å². The molecule has 1 aromatic rings. The van der Waals surface area contributed by atoms with Crippen LogP contribution in [-0.2, 0) is 20.9 Å². The average Bonchev–Trinajstić information content (AvgIpc) is 2.69. The monoisotopic (exact) mass is 375 g/mol. The van der Waals surface area contributed by atoms with Crippen LogP contribution in [0.4, 0.5) is 4.79 Å². The van der Waals surface area contributed by atoms with Gasteiger partial charge >= 0.3 is 12.0 Å². The number of benzene rings is 1. The van der Waals surface area contributed by atoms with Gasteiger partial charge in [0.25, 0.3) is 0 Å². The number of carbonyl (C=O) groups excluding carboxylic acids is 3. The molecule has 3 amide bonds. The maximum atomic E-state index is 13.0. The number of ether oxygens (including phenoxy) is 2. The van der Waals surface area contributed by atoms with E-state index < -0.39 is 18.2 Å². The Morgan fingerprint density at radius 3 is 2.67 bits per heavy atom. The van der Waals surface area contributed by atoms with Crippen molar-refractivity contribution < 1.29 is 23.9 Å². The average molecular weight is 375 g/mol. The molecule has 2 aliphatic rings. The molecule has 1 N–H and O–H groups in total. The Morgan fingerprint density at radius 1 is 1.26 bits per heavy atom. The summed E-state index contributed by atoms with van der Waals surface area (Å²) in [5, 5.41) is 3.21. The van der Waals surface area contributed by atoms with E-state index in [1.54, 1.807) is 26.2 Å². The molecule has 0 bridgehead atoms. The van der Waals surface area contributed by atoms with Crippen molar-refractivity contribution >= 4 is 17.9 Å². The van der Waals surface area contributed by atoms with E-state index in [0.717, 1.165) is 12.0 Å². The van der Waals surface area contributed by atoms with Gasteiger partial charge in [0.05, 0.1) is 32.3 Å². The summed E-state index contributed by atoms with van der Waals surface area (Å²) < 4.78 is 10.1. The number of fused-ring (bicyclic) bond motifs is 1. The minimum Gasteiger partial charge on any atom is -0.497 e. The molecule has 2 atom stereocenters. The van der Waals surface area contributed by atoms with Gasteiger partial charge in [-0.25, -0.2) is 4.79 Å². The number of methoxy groups -OCH3 is 1. The summed E-state index contributed by atoms with van der Waals surface area (Å²) in [6.07, 6.45) is 1.07. The van der Waals surface area contributed by atoms with Gasteiger partial charge in [-0.05, 0) is 44.0 Å². The van der Waals surface area contributed by atoms with Crippen molar-refractivity contribution in [3.05, 3.63) is 29.8 Å². The van der Waals surface area contributed by atoms with Crippen molar-refractivity contribution in [1.29, 1.82) is 0 Å². The number of nitrogens with one attached hydrogen (secondary N) is 1. The zero-order valence-electron chi connectivity index (χ0n) is 15.6. The van der Waals surface area contributed by atoms with E-state index in [1.807, 2.05) is 12.1 Å². The summed E-state index contributed by atoms with van der Waals surface area (Å²) in [6, 6.07) is 6.74. The molecule has 1 aromatic carbocycles. The standard InChI is InChI=1S/C19H25N3O5/c1-3-27-16(23)12-21-17-15(5-4-10-20-17)18(24)22(19(21)25)11-13-6-8-14(26-2)9-7-13/h6-9,15,17,20H,3-5,10-12H2,1-2H3. The normalized spacial score (nSPS) is 22.4. The lowest BCUT2D eigenvalue weighted by Gasteiger charge is -2.46. The second-order valence-electron chi connectivity index (χ2n) is 6.64. The first-order chi connectivity index (χ1) is 13.0. The Morgan fingerprint density at radius 2 is 2.00 bits per heavy atom. The van der Waals surface area contributed by atoms with Crippen molar-refractivity contribution in [3.8, 4) is 5.75 Å². The first-order valence-electron chi connectivity index (χ1n) is 9.19. The fourth-order valence-corrected chi connectivity index (χ4v) is 3.60. The van der Waals surface area contributed by atoms with Crippen molar-refractivity contribution in [2.45, 2.75) is 32.5 Å². The molecule has 0 aromatic heterocycles. The molecular weight excluding hydrogens is 350 g/mol. The summed E-state index contributed by atoms with van der Waals surface area (Å²) in [5.41, 5.74) is 0.816. The Hall–Kier alpha value is -2.61. The molecular formula is C19H25N3O5. The molecule has 2 aliphatic heterocycles. The number of hydrogen-bond donors (Lipinski definition) is 1. The summed E-state index contributed by atoms with van der Waals surface area (Å²) in [7, 11) is 1.58. The van der Waals surface area contributed by atoms with Gasteiger partial charge in [0, 0.05) is 0 Å². The third kappa shape index (κ3) is 4.05. The molecule has 2 fully saturated rings. The van der Waals surface area contributed by atoms with E-state index in [4.69, 9.17) is 9.47 Å². The Kier molecular flexibility index (Phi) is 5.95. The van der Waals surface area contributed by atoms with Crippen molar-refractivity contribution in [3.63, 3.8) is 0 Å². The van der Waals surface area contributed by atoms with Gasteiger partial charge in [-0.15, -0.1) is 0 Å². The van der Waals surface area contributed by atoms with Crippen LogP contribution in [0.5, 0.6) is 5.75 Å². The topological polar surface area (TPSA) is 88.2 Å². The van der Waals surface area contributed by atoms with E-state index >= 15 is 0 Å². The summed E-state index contributed by atoms with van der Waals surface area (Å²) in [4.78, 5) is 40.6. The van der Waals surface area contributed by atoms with Crippen LogP contribution in [0.25, 0.3) is 0 Å². The maximum Gasteiger partial charge on any atom is 0.328 e. The number of carbonyl (C=O) groups is 3. The number of nitrogens with zero attached hydrogens (tertiary/aromatic N) is 2. The highest BCUT2D eigenvalue weighted by Gasteiger charge is 2.47. The molecule has 2 unspecified atom stereocenters. The first kappa shape index (κ1) is 19.2. The molecule has 0 aliphatic carbocycles. The Balaban J connectivity index is 1.82. The lowest BCUT2D eigenvalue weighted by atomic mass is 9.91. The van der Waals surface area contributed by atoms with Crippen molar-refractivity contribution in [1.82, 2.24) is 15.1 Å². The Labute approximate surface area is 158 Å². The molecule has 27 heavy (non-hydrogen) atoms. The number of rotatable bonds is 6. The van der Waals surface area contributed by atoms with Crippen LogP contribution in [0.3, 0.4) is 0 Å². The second kappa shape index (κ2) is 8.39. The van der Waals surface area contributed by atoms with E-state index in [9.17, 15) is 14.4 Å². The van der Waals surface area contributed by atoms with Crippen LogP contribution in [0.1, 0.15) is 25.3 Å². The molecule has 2 saturated heterocycles. The number of piperidine rings is 1. The molecule has 0 saturated carbocycles. The van der Waals surface area contributed by atoms with Gasteiger partial charge < -0.3 is 9.47 Å². The zero-order chi connectivity index (χ0) is 19.4. The van der Waals surface area contributed by atoms with Gasteiger partial charge in [0.1, 0.15) is 12.3 Å². The molecule has 3 rings (SSSR count). The van der Waals surface area contributed by atoms with Crippen molar-refractivity contribution in [2.24, 2.45) is 5.92 Å². The SMILES string of the molecule is CCOC(=O)CN1C(=O)N(Cc2ccc(OC)cc2)C(=O)C2CCCNC21. The minimum atomic E-state index is -0.476. The third-order valence-corrected chi connectivity index (χ3v) is 4.93. The van der Waals surface area contributed by atoms with Crippen LogP contribution in [0.2, 0.25) is 0 Å². The van der Waals surface area contributed by atoms with Gasteiger partial charge in [-0.2, -0.15) is 0 Å². The smallest absolute Gasteiger partial charge is 0.328 e. The number of amides is 3. The van der Waals surface area contributed by atoms with Gasteiger partial charge in [-0.1, -0.05) is 12.1 Å². The minimum absolute atomic E-state index is 0.157. The molecule has 146 valence electrons. The van der Waals surface area contributed by atoms with Crippen molar-refractivity contribution in [2.75, 3.05) is 26.8 Å². The third-order valence-electron chi connectivity index (χ3n) is 4.93. The molecule has 8 nitrogen and oxygen atoms in total. The molecule has 0 radical (unpaired) electrons. The maximum absolute atomic E-state index is 13.0. The molecule has 0 spiro atoms. The fourth-order valence-electron chi connectivity index (χ4n) is 3.60. The number of urea groups is 1. The second-order valence-corrected chi connectivity index (χ2v) is 6.64. The highest BCUT2D eigenvalue weighted by molar-refractivity contribution is 5.99. The number of esters is 1. The summed E-state index contributed by atoms with van der Waals surface area (Å²) in [6.45, 7) is 2.66. The Bertz CT molecular complexity index is 706. The van der Waals surface area contributed by atoms with Gasteiger partial charge in [0.2, 0.25) is 5.91 Å². The largest absolute Gasteiger partial charge is 0.497 e. The van der Waals surface area contributed by atoms with Crippen LogP contribution < -0.4 is 10.1 Å². The number of hydrogen-bond acceptors (Lipinski definition) is 6. The predicted octanol–water partition coefficient (Wildman–Crippen LogP) is 1.35. The predicted molar refractivity (Wildman–Crippen MR) is 96.8 cm³/mol. The summed E-state index contributed by atoms with van der Waals surface area (Å²) >= 11 is 0. The quantitative estimate of drug-likeness (QED) is 0.755. The van der Waals surface area contributed by atoms with E-state index in [1.165, 1.54) is 9.80 Å². The first-order valence-corrected chi connectivity index (χ1v) is 9.19. The van der Waals surface area contributed by atoms with Gasteiger partial charge in [-0.3, -0.25) is 24.7 Å². The highest BCUT2D eigenvalue weighted by Crippen LogP contribution is 2.29. The van der Waals surface area contributed by atoms with Crippen LogP contribution in [0.15, 0.2) is 24.3 Å². The summed E-state index contributed by atoms with van der Waals surface area (Å²) in [5.74, 6) is -0.330. The van der Waals surface area contributed by atoms with Gasteiger partial charge in [0.15, 0.2) is 0 Å². The van der Waals surface area contributed by atoms with E-state index in [2.05, 4.69) is 5.32 Å². The van der Waals surface area contributed by atoms with Crippen LogP contribution in [-0.4, -0.2) is 60.7 Å². The van der Waals surface area contributed by atoms with E-state index in [-0.39, 0.29) is 31.5 Å². The highest BCUT2D eigenvalue weighted by atomic mass is 16.5. The lowest BCUT2D eigenvalue weighted by molar-refractivity contribution is -0.150. The van der Waals surface area contributed by atoms with Crippen LogP contribution in [0, 0.1) is 5.92 Å². The lowest BCUT2D eigenvalue weighted by Crippen LogP contribution is -2.67. The molecule has 8 heteroatoms. The van der Waals surface area contributed by atoms with E-state index in [0.29, 0.717) is 18.7 Å².